The maximum atomic E-state index is 9.77. The molecule has 0 saturated heterocycles. The third-order valence-electron chi connectivity index (χ3n) is 2.23. The molecule has 1 nitrogen and oxygen atoms in total. The molecule has 0 aromatic heterocycles. The van der Waals surface area contributed by atoms with Gasteiger partial charge >= 0.3 is 0 Å². The normalized spacial score (nSPS) is 12.9. The molecule has 0 aliphatic carbocycles. The van der Waals surface area contributed by atoms with Crippen LogP contribution in [0.3, 0.4) is 0 Å². The van der Waals surface area contributed by atoms with Crippen LogP contribution in [-0.4, -0.2) is 5.11 Å². The molecule has 0 saturated carbocycles. The van der Waals surface area contributed by atoms with E-state index in [1.54, 1.807) is 0 Å². The van der Waals surface area contributed by atoms with E-state index in [4.69, 9.17) is 11.6 Å². The molecule has 0 unspecified atom stereocenters. The number of aliphatic hydroxyl groups excluding tert-OH is 1. The average Bonchev–Trinajstić information content (AvgIpc) is 2.10. The summed E-state index contributed by atoms with van der Waals surface area (Å²) >= 11 is 5.95. The van der Waals surface area contributed by atoms with Crippen LogP contribution in [0.1, 0.15) is 37.0 Å². The van der Waals surface area contributed by atoms with Gasteiger partial charge in [0.2, 0.25) is 0 Å². The van der Waals surface area contributed by atoms with Crippen molar-refractivity contribution in [3.63, 3.8) is 0 Å². The van der Waals surface area contributed by atoms with E-state index < -0.39 is 0 Å². The zero-order valence-corrected chi connectivity index (χ0v) is 8.80. The Morgan fingerprint density at radius 1 is 1.46 bits per heavy atom. The van der Waals surface area contributed by atoms with Crippen LogP contribution < -0.4 is 0 Å². The molecule has 1 N–H and O–H groups in total. The minimum absolute atomic E-state index is 0.372. The minimum Gasteiger partial charge on any atom is -0.388 e. The number of aliphatic hydroxyl groups is 1. The monoisotopic (exact) mass is 198 g/mol. The second-order valence-electron chi connectivity index (χ2n) is 3.26. The summed E-state index contributed by atoms with van der Waals surface area (Å²) in [7, 11) is 0. The number of hydrogen-bond donors (Lipinski definition) is 1. The lowest BCUT2D eigenvalue weighted by Gasteiger charge is -2.13. The smallest absolute Gasteiger partial charge is 0.0793 e. The van der Waals surface area contributed by atoms with Crippen LogP contribution >= 0.6 is 11.6 Å². The fourth-order valence-corrected chi connectivity index (χ4v) is 1.60. The first kappa shape index (κ1) is 10.6. The highest BCUT2D eigenvalue weighted by Gasteiger charge is 2.10. The van der Waals surface area contributed by atoms with E-state index in [2.05, 4.69) is 6.92 Å². The fraction of sp³-hybridized carbons (Fsp3) is 0.455. The molecule has 0 spiro atoms. The summed E-state index contributed by atoms with van der Waals surface area (Å²) in [4.78, 5) is 0. The molecular formula is C11H15ClO. The van der Waals surface area contributed by atoms with E-state index in [1.807, 2.05) is 25.1 Å². The van der Waals surface area contributed by atoms with E-state index >= 15 is 0 Å². The Hall–Kier alpha value is -0.530. The SMILES string of the molecule is CCC[C@@H](O)c1cccc(Cl)c1C. The highest BCUT2D eigenvalue weighted by molar-refractivity contribution is 6.31. The van der Waals surface area contributed by atoms with Gasteiger partial charge in [0, 0.05) is 5.02 Å². The van der Waals surface area contributed by atoms with Gasteiger partial charge in [-0.2, -0.15) is 0 Å². The summed E-state index contributed by atoms with van der Waals surface area (Å²) in [5.74, 6) is 0. The van der Waals surface area contributed by atoms with Gasteiger partial charge in [0.1, 0.15) is 0 Å². The molecule has 0 bridgehead atoms. The topological polar surface area (TPSA) is 20.2 Å². The molecule has 2 heteroatoms. The first-order chi connectivity index (χ1) is 6.16. The second kappa shape index (κ2) is 4.64. The van der Waals surface area contributed by atoms with Gasteiger partial charge in [-0.25, -0.2) is 0 Å². The van der Waals surface area contributed by atoms with Gasteiger partial charge in [0.05, 0.1) is 6.10 Å². The van der Waals surface area contributed by atoms with Crippen molar-refractivity contribution in [3.8, 4) is 0 Å². The molecule has 1 aromatic carbocycles. The van der Waals surface area contributed by atoms with Crippen molar-refractivity contribution in [1.29, 1.82) is 0 Å². The van der Waals surface area contributed by atoms with Crippen molar-refractivity contribution in [3.05, 3.63) is 34.3 Å². The Bertz CT molecular complexity index is 283. The van der Waals surface area contributed by atoms with Crippen LogP contribution in [-0.2, 0) is 0 Å². The van der Waals surface area contributed by atoms with Gasteiger partial charge in [-0.05, 0) is 30.5 Å². The molecule has 0 aliphatic rings. The van der Waals surface area contributed by atoms with Crippen molar-refractivity contribution < 1.29 is 5.11 Å². The highest BCUT2D eigenvalue weighted by Crippen LogP contribution is 2.26. The first-order valence-electron chi connectivity index (χ1n) is 4.60. The van der Waals surface area contributed by atoms with Crippen molar-refractivity contribution in [2.75, 3.05) is 0 Å². The quantitative estimate of drug-likeness (QED) is 0.789. The molecule has 0 amide bonds. The van der Waals surface area contributed by atoms with E-state index in [0.717, 1.165) is 29.0 Å². The van der Waals surface area contributed by atoms with Crippen LogP contribution in [0.15, 0.2) is 18.2 Å². The van der Waals surface area contributed by atoms with Gasteiger partial charge in [-0.15, -0.1) is 0 Å². The van der Waals surface area contributed by atoms with Crippen molar-refractivity contribution in [2.45, 2.75) is 32.8 Å². The number of benzene rings is 1. The fourth-order valence-electron chi connectivity index (χ4n) is 1.41. The molecule has 0 fully saturated rings. The van der Waals surface area contributed by atoms with Crippen LogP contribution in [0.25, 0.3) is 0 Å². The zero-order chi connectivity index (χ0) is 9.84. The summed E-state index contributed by atoms with van der Waals surface area (Å²) < 4.78 is 0. The van der Waals surface area contributed by atoms with Gasteiger partial charge in [0.15, 0.2) is 0 Å². The summed E-state index contributed by atoms with van der Waals surface area (Å²) in [5, 5.41) is 10.5. The number of hydrogen-bond acceptors (Lipinski definition) is 1. The molecule has 1 atom stereocenters. The average molecular weight is 199 g/mol. The Balaban J connectivity index is 2.93. The van der Waals surface area contributed by atoms with Crippen LogP contribution in [0.5, 0.6) is 0 Å². The Kier molecular flexibility index (Phi) is 3.76. The van der Waals surface area contributed by atoms with E-state index in [1.165, 1.54) is 0 Å². The van der Waals surface area contributed by atoms with Gasteiger partial charge in [-0.3, -0.25) is 0 Å². The van der Waals surface area contributed by atoms with Gasteiger partial charge in [-0.1, -0.05) is 37.1 Å². The van der Waals surface area contributed by atoms with Crippen LogP contribution in [0, 0.1) is 6.92 Å². The van der Waals surface area contributed by atoms with Crippen LogP contribution in [0.2, 0.25) is 5.02 Å². The van der Waals surface area contributed by atoms with E-state index in [9.17, 15) is 5.11 Å². The van der Waals surface area contributed by atoms with Crippen LogP contribution in [0.4, 0.5) is 0 Å². The second-order valence-corrected chi connectivity index (χ2v) is 3.67. The maximum Gasteiger partial charge on any atom is 0.0793 e. The standard InChI is InChI=1S/C11H15ClO/c1-3-5-11(13)9-6-4-7-10(12)8(9)2/h4,6-7,11,13H,3,5H2,1-2H3/t11-/m1/s1. The van der Waals surface area contributed by atoms with Crippen molar-refractivity contribution in [1.82, 2.24) is 0 Å². The molecule has 1 rings (SSSR count). The lowest BCUT2D eigenvalue weighted by atomic mass is 10.0. The molecule has 0 aliphatic heterocycles. The molecular weight excluding hydrogens is 184 g/mol. The third kappa shape index (κ3) is 2.45. The lowest BCUT2D eigenvalue weighted by molar-refractivity contribution is 0.166. The number of rotatable bonds is 3. The predicted molar refractivity (Wildman–Crippen MR) is 56.1 cm³/mol. The Morgan fingerprint density at radius 2 is 2.15 bits per heavy atom. The van der Waals surface area contributed by atoms with Gasteiger partial charge in [0.25, 0.3) is 0 Å². The third-order valence-corrected chi connectivity index (χ3v) is 2.64. The minimum atomic E-state index is -0.372. The van der Waals surface area contributed by atoms with E-state index in [0.29, 0.717) is 0 Å². The summed E-state index contributed by atoms with van der Waals surface area (Å²) in [5.41, 5.74) is 1.94. The Labute approximate surface area is 84.4 Å². The predicted octanol–water partition coefficient (Wildman–Crippen LogP) is 3.48. The molecule has 1 aromatic rings. The zero-order valence-electron chi connectivity index (χ0n) is 8.05. The molecule has 0 heterocycles. The van der Waals surface area contributed by atoms with Crippen molar-refractivity contribution in [2.24, 2.45) is 0 Å². The van der Waals surface area contributed by atoms with E-state index in [-0.39, 0.29) is 6.10 Å². The summed E-state index contributed by atoms with van der Waals surface area (Å²) in [6.07, 6.45) is 1.40. The summed E-state index contributed by atoms with van der Waals surface area (Å²) in [6.45, 7) is 4.00. The largest absolute Gasteiger partial charge is 0.388 e. The lowest BCUT2D eigenvalue weighted by Crippen LogP contribution is -1.99. The molecule has 13 heavy (non-hydrogen) atoms. The molecule has 0 radical (unpaired) electrons. The van der Waals surface area contributed by atoms with Crippen molar-refractivity contribution >= 4 is 11.6 Å². The first-order valence-corrected chi connectivity index (χ1v) is 4.97. The van der Waals surface area contributed by atoms with Gasteiger partial charge < -0.3 is 5.11 Å². The summed E-state index contributed by atoms with van der Waals surface area (Å²) in [6, 6.07) is 5.66. The number of halogens is 1. The highest BCUT2D eigenvalue weighted by atomic mass is 35.5. The maximum absolute atomic E-state index is 9.77. The Morgan fingerprint density at radius 3 is 2.77 bits per heavy atom. The molecule has 72 valence electrons.